The Morgan fingerprint density at radius 1 is 1.38 bits per heavy atom. The second-order valence-corrected chi connectivity index (χ2v) is 4.04. The number of rotatable bonds is 5. The summed E-state index contributed by atoms with van der Waals surface area (Å²) in [7, 11) is 0. The van der Waals surface area contributed by atoms with Gasteiger partial charge in [-0.2, -0.15) is 0 Å². The Hall–Kier alpha value is -1.65. The lowest BCUT2D eigenvalue weighted by Gasteiger charge is -2.11. The van der Waals surface area contributed by atoms with Gasteiger partial charge in [-0.15, -0.1) is 0 Å². The molecule has 88 valence electrons. The summed E-state index contributed by atoms with van der Waals surface area (Å²) in [6, 6.07) is 2.12. The molecule has 5 heteroatoms. The quantitative estimate of drug-likeness (QED) is 0.792. The largest absolute Gasteiger partial charge is 0.368 e. The molecule has 0 atom stereocenters. The second kappa shape index (κ2) is 5.44. The van der Waals surface area contributed by atoms with Crippen molar-refractivity contribution in [2.75, 3.05) is 17.2 Å². The number of nitrogens with one attached hydrogen (secondary N) is 2. The smallest absolute Gasteiger partial charge is 0.148 e. The van der Waals surface area contributed by atoms with Gasteiger partial charge in [-0.3, -0.25) is 4.79 Å². The third kappa shape index (κ3) is 4.25. The molecule has 0 aromatic carbocycles. The SMILES string of the molecule is CC(=O)CNc1cc(NC(C)C)nc(C)n1. The van der Waals surface area contributed by atoms with E-state index in [4.69, 9.17) is 0 Å². The van der Waals surface area contributed by atoms with Crippen molar-refractivity contribution in [3.8, 4) is 0 Å². The topological polar surface area (TPSA) is 66.9 Å². The van der Waals surface area contributed by atoms with Crippen LogP contribution in [0.4, 0.5) is 11.6 Å². The second-order valence-electron chi connectivity index (χ2n) is 4.04. The van der Waals surface area contributed by atoms with Gasteiger partial charge in [0.05, 0.1) is 6.54 Å². The van der Waals surface area contributed by atoms with Crippen LogP contribution in [0.1, 0.15) is 26.6 Å². The summed E-state index contributed by atoms with van der Waals surface area (Å²) >= 11 is 0. The molecule has 1 rings (SSSR count). The lowest BCUT2D eigenvalue weighted by atomic mass is 10.3. The summed E-state index contributed by atoms with van der Waals surface area (Å²) in [5, 5.41) is 6.16. The number of carbonyl (C=O) groups excluding carboxylic acids is 1. The van der Waals surface area contributed by atoms with E-state index in [1.807, 2.05) is 20.8 Å². The van der Waals surface area contributed by atoms with E-state index in [-0.39, 0.29) is 12.3 Å². The van der Waals surface area contributed by atoms with Crippen LogP contribution in [0.2, 0.25) is 0 Å². The molecular weight excluding hydrogens is 204 g/mol. The number of hydrogen-bond donors (Lipinski definition) is 2. The Balaban J connectivity index is 2.77. The molecule has 16 heavy (non-hydrogen) atoms. The summed E-state index contributed by atoms with van der Waals surface area (Å²) in [6.07, 6.45) is 0. The fourth-order valence-electron chi connectivity index (χ4n) is 1.24. The number of anilines is 2. The van der Waals surface area contributed by atoms with Crippen molar-refractivity contribution in [1.82, 2.24) is 9.97 Å². The molecule has 0 fully saturated rings. The van der Waals surface area contributed by atoms with Gasteiger partial charge in [-0.05, 0) is 27.7 Å². The molecular formula is C11H18N4O. The van der Waals surface area contributed by atoms with E-state index in [1.54, 1.807) is 6.07 Å². The van der Waals surface area contributed by atoms with Gasteiger partial charge in [0.1, 0.15) is 23.2 Å². The van der Waals surface area contributed by atoms with E-state index < -0.39 is 0 Å². The minimum Gasteiger partial charge on any atom is -0.368 e. The number of aromatic nitrogens is 2. The predicted octanol–water partition coefficient (Wildman–Crippen LogP) is 1.61. The van der Waals surface area contributed by atoms with Crippen molar-refractivity contribution in [3.05, 3.63) is 11.9 Å². The first kappa shape index (κ1) is 12.4. The highest BCUT2D eigenvalue weighted by Crippen LogP contribution is 2.11. The first-order valence-electron chi connectivity index (χ1n) is 5.33. The normalized spacial score (nSPS) is 10.3. The van der Waals surface area contributed by atoms with Crippen LogP contribution in [-0.4, -0.2) is 28.3 Å². The number of hydrogen-bond acceptors (Lipinski definition) is 5. The Labute approximate surface area is 95.7 Å². The third-order valence-corrected chi connectivity index (χ3v) is 1.79. The maximum atomic E-state index is 10.8. The first-order valence-corrected chi connectivity index (χ1v) is 5.33. The van der Waals surface area contributed by atoms with Crippen LogP contribution in [0.15, 0.2) is 6.07 Å². The molecule has 0 spiro atoms. The van der Waals surface area contributed by atoms with Gasteiger partial charge in [-0.25, -0.2) is 9.97 Å². The van der Waals surface area contributed by atoms with Crippen LogP contribution in [0.3, 0.4) is 0 Å². The van der Waals surface area contributed by atoms with Gasteiger partial charge < -0.3 is 10.6 Å². The minimum atomic E-state index is 0.0784. The van der Waals surface area contributed by atoms with Crippen molar-refractivity contribution >= 4 is 17.4 Å². The zero-order chi connectivity index (χ0) is 12.1. The summed E-state index contributed by atoms with van der Waals surface area (Å²) in [5.41, 5.74) is 0. The van der Waals surface area contributed by atoms with Gasteiger partial charge in [0.2, 0.25) is 0 Å². The molecule has 0 bridgehead atoms. The molecule has 0 aliphatic carbocycles. The molecule has 2 N–H and O–H groups in total. The van der Waals surface area contributed by atoms with Crippen molar-refractivity contribution in [1.29, 1.82) is 0 Å². The van der Waals surface area contributed by atoms with Gasteiger partial charge >= 0.3 is 0 Å². The highest BCUT2D eigenvalue weighted by molar-refractivity contribution is 5.80. The van der Waals surface area contributed by atoms with Gasteiger partial charge in [0, 0.05) is 12.1 Å². The lowest BCUT2D eigenvalue weighted by molar-refractivity contribution is -0.115. The zero-order valence-corrected chi connectivity index (χ0v) is 10.2. The van der Waals surface area contributed by atoms with E-state index in [9.17, 15) is 4.79 Å². The van der Waals surface area contributed by atoms with Gasteiger partial charge in [0.25, 0.3) is 0 Å². The summed E-state index contributed by atoms with van der Waals surface area (Å²) < 4.78 is 0. The van der Waals surface area contributed by atoms with Crippen LogP contribution in [0, 0.1) is 6.92 Å². The number of nitrogens with zero attached hydrogens (tertiary/aromatic N) is 2. The fourth-order valence-corrected chi connectivity index (χ4v) is 1.24. The van der Waals surface area contributed by atoms with E-state index in [2.05, 4.69) is 20.6 Å². The van der Waals surface area contributed by atoms with E-state index in [1.165, 1.54) is 6.92 Å². The van der Waals surface area contributed by atoms with Crippen molar-refractivity contribution in [2.24, 2.45) is 0 Å². The Kier molecular flexibility index (Phi) is 4.22. The molecule has 0 amide bonds. The van der Waals surface area contributed by atoms with Crippen molar-refractivity contribution < 1.29 is 4.79 Å². The Bertz CT molecular complexity index is 376. The summed E-state index contributed by atoms with van der Waals surface area (Å²) in [5.74, 6) is 2.20. The first-order chi connectivity index (χ1) is 7.47. The lowest BCUT2D eigenvalue weighted by Crippen LogP contribution is -2.15. The number of ketones is 1. The third-order valence-electron chi connectivity index (χ3n) is 1.79. The molecule has 0 saturated heterocycles. The molecule has 0 unspecified atom stereocenters. The fraction of sp³-hybridized carbons (Fsp3) is 0.545. The average Bonchev–Trinajstić information content (AvgIpc) is 2.12. The van der Waals surface area contributed by atoms with E-state index >= 15 is 0 Å². The van der Waals surface area contributed by atoms with Crippen molar-refractivity contribution in [3.63, 3.8) is 0 Å². The Morgan fingerprint density at radius 2 is 2.00 bits per heavy atom. The summed E-state index contributed by atoms with van der Waals surface area (Å²) in [6.45, 7) is 7.73. The molecule has 0 saturated carbocycles. The number of carbonyl (C=O) groups is 1. The number of Topliss-reactive ketones (excluding diaryl/α,β-unsaturated/α-hetero) is 1. The van der Waals surface area contributed by atoms with Crippen LogP contribution in [0.5, 0.6) is 0 Å². The maximum absolute atomic E-state index is 10.8. The van der Waals surface area contributed by atoms with Crippen LogP contribution in [-0.2, 0) is 4.79 Å². The van der Waals surface area contributed by atoms with Crippen LogP contribution < -0.4 is 10.6 Å². The molecule has 1 aromatic rings. The minimum absolute atomic E-state index is 0.0784. The molecule has 0 aliphatic rings. The molecule has 0 aliphatic heterocycles. The molecule has 1 aromatic heterocycles. The standard InChI is InChI=1S/C11H18N4O/c1-7(2)13-11-5-10(12-6-8(3)16)14-9(4)15-11/h5,7H,6H2,1-4H3,(H2,12,13,14,15). The highest BCUT2D eigenvalue weighted by Gasteiger charge is 2.03. The molecule has 5 nitrogen and oxygen atoms in total. The maximum Gasteiger partial charge on any atom is 0.148 e. The number of aryl methyl sites for hydroxylation is 1. The van der Waals surface area contributed by atoms with E-state index in [0.29, 0.717) is 17.7 Å². The van der Waals surface area contributed by atoms with E-state index in [0.717, 1.165) is 5.82 Å². The van der Waals surface area contributed by atoms with Crippen molar-refractivity contribution in [2.45, 2.75) is 33.7 Å². The molecule has 1 heterocycles. The van der Waals surface area contributed by atoms with Gasteiger partial charge in [0.15, 0.2) is 0 Å². The monoisotopic (exact) mass is 222 g/mol. The van der Waals surface area contributed by atoms with Crippen LogP contribution >= 0.6 is 0 Å². The Morgan fingerprint density at radius 3 is 2.56 bits per heavy atom. The average molecular weight is 222 g/mol. The van der Waals surface area contributed by atoms with Crippen LogP contribution in [0.25, 0.3) is 0 Å². The molecule has 0 radical (unpaired) electrons. The predicted molar refractivity (Wildman–Crippen MR) is 64.7 cm³/mol. The summed E-state index contributed by atoms with van der Waals surface area (Å²) in [4.78, 5) is 19.3. The zero-order valence-electron chi connectivity index (χ0n) is 10.2. The highest BCUT2D eigenvalue weighted by atomic mass is 16.1. The van der Waals surface area contributed by atoms with Gasteiger partial charge in [-0.1, -0.05) is 0 Å².